The van der Waals surface area contributed by atoms with Crippen molar-refractivity contribution in [2.24, 2.45) is 5.92 Å². The van der Waals surface area contributed by atoms with Gasteiger partial charge in [0.05, 0.1) is 5.92 Å². The van der Waals surface area contributed by atoms with Gasteiger partial charge in [-0.25, -0.2) is 4.39 Å². The summed E-state index contributed by atoms with van der Waals surface area (Å²) in [5.41, 5.74) is 3.13. The first kappa shape index (κ1) is 19.3. The molecule has 0 aromatic heterocycles. The van der Waals surface area contributed by atoms with E-state index in [0.29, 0.717) is 25.2 Å². The lowest BCUT2D eigenvalue weighted by Crippen LogP contribution is -2.45. The topological polar surface area (TPSA) is 32.3 Å². The van der Waals surface area contributed by atoms with E-state index in [0.717, 1.165) is 13.0 Å². The Morgan fingerprint density at radius 3 is 2.81 bits per heavy atom. The number of carbonyl (C=O) groups excluding carboxylic acids is 1. The molecule has 1 heterocycles. The number of nitrogens with zero attached hydrogens (tertiary/aromatic N) is 1. The van der Waals surface area contributed by atoms with E-state index in [1.54, 1.807) is 12.1 Å². The van der Waals surface area contributed by atoms with Gasteiger partial charge in [0.25, 0.3) is 0 Å². The smallest absolute Gasteiger partial charge is 0.224 e. The largest absolute Gasteiger partial charge is 0.352 e. The summed E-state index contributed by atoms with van der Waals surface area (Å²) in [5.74, 6) is -0.00508. The Balaban J connectivity index is 1.81. The number of aryl methyl sites for hydroxylation is 1. The number of piperidine rings is 1. The third-order valence-electron chi connectivity index (χ3n) is 5.18. The maximum atomic E-state index is 14.1. The van der Waals surface area contributed by atoms with Crippen molar-refractivity contribution in [3.05, 3.63) is 83.7 Å². The number of amides is 1. The summed E-state index contributed by atoms with van der Waals surface area (Å²) in [7, 11) is 0. The van der Waals surface area contributed by atoms with Crippen molar-refractivity contribution in [3.63, 3.8) is 0 Å². The molecular formula is C23H27FN2O. The molecule has 0 saturated carbocycles. The SMILES string of the molecule is C=CCNC(=O)[C@H]1C[C@H](c2cccc(C)c2)CN(Cc2ccccc2F)C1. The average molecular weight is 366 g/mol. The minimum atomic E-state index is -0.192. The molecule has 1 saturated heterocycles. The molecule has 2 atom stereocenters. The molecule has 27 heavy (non-hydrogen) atoms. The van der Waals surface area contributed by atoms with E-state index in [2.05, 4.69) is 48.0 Å². The van der Waals surface area contributed by atoms with Crippen LogP contribution in [0.25, 0.3) is 0 Å². The first-order chi connectivity index (χ1) is 13.1. The average Bonchev–Trinajstić information content (AvgIpc) is 2.67. The molecule has 0 unspecified atom stereocenters. The monoisotopic (exact) mass is 366 g/mol. The molecule has 1 aliphatic rings. The van der Waals surface area contributed by atoms with Crippen LogP contribution in [-0.4, -0.2) is 30.4 Å². The minimum Gasteiger partial charge on any atom is -0.352 e. The summed E-state index contributed by atoms with van der Waals surface area (Å²) in [5, 5.41) is 2.92. The van der Waals surface area contributed by atoms with Gasteiger partial charge in [0, 0.05) is 31.7 Å². The van der Waals surface area contributed by atoms with E-state index in [4.69, 9.17) is 0 Å². The number of hydrogen-bond donors (Lipinski definition) is 1. The summed E-state index contributed by atoms with van der Waals surface area (Å²) in [6.45, 7) is 8.19. The van der Waals surface area contributed by atoms with Crippen LogP contribution in [0.2, 0.25) is 0 Å². The Bertz CT molecular complexity index is 804. The van der Waals surface area contributed by atoms with Gasteiger partial charge in [-0.05, 0) is 30.9 Å². The van der Waals surface area contributed by atoms with Crippen LogP contribution < -0.4 is 5.32 Å². The van der Waals surface area contributed by atoms with Crippen LogP contribution in [-0.2, 0) is 11.3 Å². The van der Waals surface area contributed by atoms with E-state index in [1.807, 2.05) is 12.1 Å². The van der Waals surface area contributed by atoms with Crippen molar-refractivity contribution in [2.75, 3.05) is 19.6 Å². The first-order valence-electron chi connectivity index (χ1n) is 9.47. The van der Waals surface area contributed by atoms with E-state index in [9.17, 15) is 9.18 Å². The molecule has 4 heteroatoms. The van der Waals surface area contributed by atoms with Gasteiger partial charge < -0.3 is 5.32 Å². The van der Waals surface area contributed by atoms with Gasteiger partial charge in [0.2, 0.25) is 5.91 Å². The number of hydrogen-bond acceptors (Lipinski definition) is 2. The van der Waals surface area contributed by atoms with Crippen LogP contribution in [0, 0.1) is 18.7 Å². The third-order valence-corrected chi connectivity index (χ3v) is 5.18. The standard InChI is InChI=1S/C23H27FN2O/c1-3-11-25-23(27)21-13-20(18-9-6-7-17(2)12-18)15-26(16-21)14-19-8-4-5-10-22(19)24/h3-10,12,20-21H,1,11,13-16H2,2H3,(H,25,27)/t20-,21-/m0/s1. The maximum Gasteiger partial charge on any atom is 0.224 e. The molecule has 3 nitrogen and oxygen atoms in total. The highest BCUT2D eigenvalue weighted by molar-refractivity contribution is 5.79. The van der Waals surface area contributed by atoms with Crippen LogP contribution >= 0.6 is 0 Å². The summed E-state index contributed by atoms with van der Waals surface area (Å²) in [6, 6.07) is 15.3. The van der Waals surface area contributed by atoms with Gasteiger partial charge >= 0.3 is 0 Å². The first-order valence-corrected chi connectivity index (χ1v) is 9.47. The van der Waals surface area contributed by atoms with Crippen LogP contribution in [0.5, 0.6) is 0 Å². The second-order valence-electron chi connectivity index (χ2n) is 7.36. The van der Waals surface area contributed by atoms with Crippen molar-refractivity contribution in [1.82, 2.24) is 10.2 Å². The fourth-order valence-electron chi connectivity index (χ4n) is 3.86. The van der Waals surface area contributed by atoms with Gasteiger partial charge in [-0.15, -0.1) is 6.58 Å². The van der Waals surface area contributed by atoms with Crippen molar-refractivity contribution in [2.45, 2.75) is 25.8 Å². The van der Waals surface area contributed by atoms with E-state index in [1.165, 1.54) is 17.2 Å². The lowest BCUT2D eigenvalue weighted by Gasteiger charge is -2.37. The molecule has 0 radical (unpaired) electrons. The second kappa shape index (κ2) is 8.96. The van der Waals surface area contributed by atoms with Crippen molar-refractivity contribution >= 4 is 5.91 Å². The highest BCUT2D eigenvalue weighted by Crippen LogP contribution is 2.32. The normalized spacial score (nSPS) is 20.2. The number of benzene rings is 2. The quantitative estimate of drug-likeness (QED) is 0.783. The molecule has 2 aromatic carbocycles. The van der Waals surface area contributed by atoms with Crippen LogP contribution in [0.4, 0.5) is 4.39 Å². The van der Waals surface area contributed by atoms with E-state index >= 15 is 0 Å². The lowest BCUT2D eigenvalue weighted by atomic mass is 9.83. The molecule has 3 rings (SSSR count). The Morgan fingerprint density at radius 1 is 1.26 bits per heavy atom. The molecule has 1 aliphatic heterocycles. The van der Waals surface area contributed by atoms with Crippen LogP contribution in [0.1, 0.15) is 29.0 Å². The van der Waals surface area contributed by atoms with E-state index in [-0.39, 0.29) is 23.6 Å². The number of nitrogens with one attached hydrogen (secondary N) is 1. The van der Waals surface area contributed by atoms with E-state index < -0.39 is 0 Å². The molecule has 0 bridgehead atoms. The predicted molar refractivity (Wildman–Crippen MR) is 107 cm³/mol. The highest BCUT2D eigenvalue weighted by atomic mass is 19.1. The van der Waals surface area contributed by atoms with Gasteiger partial charge in [0.1, 0.15) is 5.82 Å². The molecule has 0 spiro atoms. The number of rotatable bonds is 6. The fourth-order valence-corrected chi connectivity index (χ4v) is 3.86. The summed E-state index contributed by atoms with van der Waals surface area (Å²) < 4.78 is 14.1. The highest BCUT2D eigenvalue weighted by Gasteiger charge is 2.32. The molecular weight excluding hydrogens is 339 g/mol. The summed E-state index contributed by atoms with van der Waals surface area (Å²) >= 11 is 0. The molecule has 0 aliphatic carbocycles. The lowest BCUT2D eigenvalue weighted by molar-refractivity contribution is -0.126. The molecule has 1 fully saturated rings. The Morgan fingerprint density at radius 2 is 2.07 bits per heavy atom. The Kier molecular flexibility index (Phi) is 6.40. The Hall–Kier alpha value is -2.46. The van der Waals surface area contributed by atoms with Crippen molar-refractivity contribution in [3.8, 4) is 0 Å². The van der Waals surface area contributed by atoms with Gasteiger partial charge in [-0.2, -0.15) is 0 Å². The molecule has 1 N–H and O–H groups in total. The minimum absolute atomic E-state index is 0.0470. The van der Waals surface area contributed by atoms with Gasteiger partial charge in [-0.1, -0.05) is 54.1 Å². The maximum absolute atomic E-state index is 14.1. The fraction of sp³-hybridized carbons (Fsp3) is 0.348. The molecule has 142 valence electrons. The number of carbonyl (C=O) groups is 1. The van der Waals surface area contributed by atoms with Gasteiger partial charge in [-0.3, -0.25) is 9.69 Å². The Labute approximate surface area is 160 Å². The molecule has 1 amide bonds. The summed E-state index contributed by atoms with van der Waals surface area (Å²) in [4.78, 5) is 14.8. The third kappa shape index (κ3) is 5.04. The zero-order chi connectivity index (χ0) is 19.2. The zero-order valence-corrected chi connectivity index (χ0v) is 15.8. The predicted octanol–water partition coefficient (Wildman–Crippen LogP) is 4.04. The van der Waals surface area contributed by atoms with Crippen LogP contribution in [0.15, 0.2) is 61.2 Å². The zero-order valence-electron chi connectivity index (χ0n) is 15.8. The van der Waals surface area contributed by atoms with Crippen LogP contribution in [0.3, 0.4) is 0 Å². The van der Waals surface area contributed by atoms with Crippen molar-refractivity contribution < 1.29 is 9.18 Å². The number of likely N-dealkylation sites (tertiary alicyclic amines) is 1. The van der Waals surface area contributed by atoms with Gasteiger partial charge in [0.15, 0.2) is 0 Å². The number of halogens is 1. The second-order valence-corrected chi connectivity index (χ2v) is 7.36. The summed E-state index contributed by atoms with van der Waals surface area (Å²) in [6.07, 6.45) is 2.50. The molecule has 2 aromatic rings. The van der Waals surface area contributed by atoms with Crippen molar-refractivity contribution in [1.29, 1.82) is 0 Å².